The molecule has 0 nitrogen and oxygen atoms in total. The average Bonchev–Trinajstić information content (AvgIpc) is 2.58. The van der Waals surface area contributed by atoms with Crippen molar-refractivity contribution in [3.8, 4) is 0 Å². The molecule has 3 aromatic rings. The fraction of sp³-hybridized carbons (Fsp3) is 0.100. The van der Waals surface area contributed by atoms with Gasteiger partial charge in [0.15, 0.2) is 0 Å². The Labute approximate surface area is 140 Å². The highest BCUT2D eigenvalue weighted by atomic mass is 127. The molecule has 0 bridgehead atoms. The SMILES string of the molecule is IC(c1ccccc1)C(c1ccccc1)c1ccccc1. The molecule has 0 saturated heterocycles. The number of rotatable bonds is 4. The van der Waals surface area contributed by atoms with E-state index in [1.807, 2.05) is 0 Å². The zero-order valence-electron chi connectivity index (χ0n) is 11.7. The van der Waals surface area contributed by atoms with Crippen LogP contribution in [0.25, 0.3) is 0 Å². The van der Waals surface area contributed by atoms with E-state index >= 15 is 0 Å². The third-order valence-corrected chi connectivity index (χ3v) is 5.17. The van der Waals surface area contributed by atoms with E-state index in [1.54, 1.807) is 0 Å². The van der Waals surface area contributed by atoms with Crippen LogP contribution >= 0.6 is 22.6 Å². The summed E-state index contributed by atoms with van der Waals surface area (Å²) >= 11 is 2.58. The maximum atomic E-state index is 2.58. The Balaban J connectivity index is 2.05. The van der Waals surface area contributed by atoms with Gasteiger partial charge in [-0.1, -0.05) is 114 Å². The van der Waals surface area contributed by atoms with Crippen molar-refractivity contribution in [3.05, 3.63) is 108 Å². The van der Waals surface area contributed by atoms with Gasteiger partial charge in [0, 0.05) is 9.84 Å². The van der Waals surface area contributed by atoms with Crippen LogP contribution in [0.4, 0.5) is 0 Å². The first-order valence-electron chi connectivity index (χ1n) is 7.15. The van der Waals surface area contributed by atoms with Crippen molar-refractivity contribution in [2.24, 2.45) is 0 Å². The van der Waals surface area contributed by atoms with Crippen LogP contribution in [0.1, 0.15) is 26.5 Å². The number of hydrogen-bond donors (Lipinski definition) is 0. The Morgan fingerprint density at radius 3 is 1.19 bits per heavy atom. The predicted octanol–water partition coefficient (Wildman–Crippen LogP) is 5.99. The molecular formula is C20H17I. The Kier molecular flexibility index (Phi) is 4.71. The highest BCUT2D eigenvalue weighted by molar-refractivity contribution is 14.1. The monoisotopic (exact) mass is 384 g/mol. The van der Waals surface area contributed by atoms with Gasteiger partial charge in [0.25, 0.3) is 0 Å². The number of halogens is 1. The van der Waals surface area contributed by atoms with Gasteiger partial charge in [0.2, 0.25) is 0 Å². The van der Waals surface area contributed by atoms with Crippen LogP contribution < -0.4 is 0 Å². The lowest BCUT2D eigenvalue weighted by Gasteiger charge is -2.24. The molecule has 0 radical (unpaired) electrons. The first kappa shape index (κ1) is 14.3. The Bertz CT molecular complexity index is 622. The molecule has 0 fully saturated rings. The molecule has 1 atom stereocenters. The van der Waals surface area contributed by atoms with Gasteiger partial charge in [-0.3, -0.25) is 0 Å². The largest absolute Gasteiger partial charge is 0.0764 e. The van der Waals surface area contributed by atoms with E-state index in [4.69, 9.17) is 0 Å². The maximum absolute atomic E-state index is 2.58. The molecule has 3 aromatic carbocycles. The minimum atomic E-state index is 0.371. The molecule has 0 amide bonds. The number of alkyl halides is 1. The van der Waals surface area contributed by atoms with Crippen molar-refractivity contribution in [1.82, 2.24) is 0 Å². The lowest BCUT2D eigenvalue weighted by molar-refractivity contribution is 0.810. The third kappa shape index (κ3) is 3.35. The molecule has 21 heavy (non-hydrogen) atoms. The van der Waals surface area contributed by atoms with Crippen LogP contribution in [0.5, 0.6) is 0 Å². The highest BCUT2D eigenvalue weighted by Crippen LogP contribution is 2.42. The van der Waals surface area contributed by atoms with Crippen LogP contribution in [0.3, 0.4) is 0 Å². The second-order valence-electron chi connectivity index (χ2n) is 5.11. The molecular weight excluding hydrogens is 367 g/mol. The van der Waals surface area contributed by atoms with Crippen molar-refractivity contribution >= 4 is 22.6 Å². The second kappa shape index (κ2) is 6.90. The first-order valence-corrected chi connectivity index (χ1v) is 8.40. The summed E-state index contributed by atoms with van der Waals surface area (Å²) in [5, 5.41) is 0. The van der Waals surface area contributed by atoms with Crippen LogP contribution in [0.2, 0.25) is 0 Å². The van der Waals surface area contributed by atoms with Crippen molar-refractivity contribution in [1.29, 1.82) is 0 Å². The first-order chi connectivity index (χ1) is 10.4. The smallest absolute Gasteiger partial charge is 0.0468 e. The summed E-state index contributed by atoms with van der Waals surface area (Å²) in [7, 11) is 0. The molecule has 0 saturated carbocycles. The van der Waals surface area contributed by atoms with E-state index in [1.165, 1.54) is 16.7 Å². The van der Waals surface area contributed by atoms with Crippen molar-refractivity contribution < 1.29 is 0 Å². The number of benzene rings is 3. The summed E-state index contributed by atoms with van der Waals surface area (Å²) < 4.78 is 0.411. The molecule has 0 aliphatic heterocycles. The summed E-state index contributed by atoms with van der Waals surface area (Å²) in [6, 6.07) is 32.3. The fourth-order valence-corrected chi connectivity index (χ4v) is 3.93. The molecule has 3 rings (SSSR count). The second-order valence-corrected chi connectivity index (χ2v) is 6.45. The molecule has 0 aliphatic carbocycles. The summed E-state index contributed by atoms with van der Waals surface area (Å²) in [5.74, 6) is 0.371. The average molecular weight is 384 g/mol. The van der Waals surface area contributed by atoms with E-state index in [0.29, 0.717) is 9.84 Å². The van der Waals surface area contributed by atoms with Crippen molar-refractivity contribution in [3.63, 3.8) is 0 Å². The topological polar surface area (TPSA) is 0 Å². The molecule has 1 heteroatoms. The van der Waals surface area contributed by atoms with Crippen molar-refractivity contribution in [2.45, 2.75) is 9.84 Å². The molecule has 0 aliphatic rings. The lowest BCUT2D eigenvalue weighted by atomic mass is 9.86. The van der Waals surface area contributed by atoms with E-state index in [9.17, 15) is 0 Å². The Hall–Kier alpha value is -1.61. The van der Waals surface area contributed by atoms with E-state index in [0.717, 1.165) is 0 Å². The van der Waals surface area contributed by atoms with E-state index < -0.39 is 0 Å². The van der Waals surface area contributed by atoms with E-state index in [2.05, 4.69) is 114 Å². The van der Waals surface area contributed by atoms with Crippen LogP contribution in [-0.4, -0.2) is 0 Å². The molecule has 0 spiro atoms. The normalized spacial score (nSPS) is 12.3. The molecule has 0 aromatic heterocycles. The van der Waals surface area contributed by atoms with Gasteiger partial charge in [0.05, 0.1) is 0 Å². The van der Waals surface area contributed by atoms with Gasteiger partial charge in [0.1, 0.15) is 0 Å². The number of hydrogen-bond acceptors (Lipinski definition) is 0. The maximum Gasteiger partial charge on any atom is 0.0468 e. The van der Waals surface area contributed by atoms with Crippen LogP contribution in [0, 0.1) is 0 Å². The van der Waals surface area contributed by atoms with Gasteiger partial charge in [-0.25, -0.2) is 0 Å². The van der Waals surface area contributed by atoms with Crippen LogP contribution in [0.15, 0.2) is 91.0 Å². The zero-order valence-corrected chi connectivity index (χ0v) is 13.9. The molecule has 0 heterocycles. The summed E-state index contributed by atoms with van der Waals surface area (Å²) in [4.78, 5) is 0. The quantitative estimate of drug-likeness (QED) is 0.383. The van der Waals surface area contributed by atoms with Crippen LogP contribution in [-0.2, 0) is 0 Å². The summed E-state index contributed by atoms with van der Waals surface area (Å²) in [5.41, 5.74) is 4.11. The molecule has 0 N–H and O–H groups in total. The summed E-state index contributed by atoms with van der Waals surface area (Å²) in [6.07, 6.45) is 0. The van der Waals surface area contributed by atoms with E-state index in [-0.39, 0.29) is 0 Å². The summed E-state index contributed by atoms with van der Waals surface area (Å²) in [6.45, 7) is 0. The van der Waals surface area contributed by atoms with Gasteiger partial charge in [-0.2, -0.15) is 0 Å². The lowest BCUT2D eigenvalue weighted by Crippen LogP contribution is -2.07. The van der Waals surface area contributed by atoms with Gasteiger partial charge in [-0.15, -0.1) is 0 Å². The minimum absolute atomic E-state index is 0.371. The predicted molar refractivity (Wildman–Crippen MR) is 97.9 cm³/mol. The van der Waals surface area contributed by atoms with Gasteiger partial charge >= 0.3 is 0 Å². The van der Waals surface area contributed by atoms with Gasteiger partial charge in [-0.05, 0) is 16.7 Å². The standard InChI is InChI=1S/C20H17I/c21-20(18-14-8-3-9-15-18)19(16-10-4-1-5-11-16)17-12-6-2-7-13-17/h1-15,19-20H. The molecule has 1 unspecified atom stereocenters. The van der Waals surface area contributed by atoms with Gasteiger partial charge < -0.3 is 0 Å². The minimum Gasteiger partial charge on any atom is -0.0764 e. The Morgan fingerprint density at radius 1 is 0.476 bits per heavy atom. The zero-order chi connectivity index (χ0) is 14.5. The highest BCUT2D eigenvalue weighted by Gasteiger charge is 2.23. The Morgan fingerprint density at radius 2 is 0.810 bits per heavy atom. The van der Waals surface area contributed by atoms with Crippen molar-refractivity contribution in [2.75, 3.05) is 0 Å². The molecule has 104 valence electrons. The third-order valence-electron chi connectivity index (χ3n) is 3.73. The fourth-order valence-electron chi connectivity index (χ4n) is 2.68.